The highest BCUT2D eigenvalue weighted by Crippen LogP contribution is 2.41. The van der Waals surface area contributed by atoms with E-state index in [-0.39, 0.29) is 11.7 Å². The second-order valence-electron chi connectivity index (χ2n) is 8.80. The normalized spacial score (nSPS) is 14.4. The van der Waals surface area contributed by atoms with E-state index in [1.54, 1.807) is 19.5 Å². The van der Waals surface area contributed by atoms with E-state index >= 15 is 0 Å². The Morgan fingerprint density at radius 2 is 1.91 bits per heavy atom. The molecule has 0 spiro atoms. The molecule has 0 saturated carbocycles. The number of rotatable bonds is 9. The number of pyridine rings is 1. The van der Waals surface area contributed by atoms with Crippen molar-refractivity contribution in [2.45, 2.75) is 44.9 Å². The van der Waals surface area contributed by atoms with Gasteiger partial charge in [0.15, 0.2) is 11.0 Å². The summed E-state index contributed by atoms with van der Waals surface area (Å²) in [6, 6.07) is 9.70. The first-order valence-electron chi connectivity index (χ1n) is 11.6. The lowest BCUT2D eigenvalue weighted by molar-refractivity contribution is -0.116. The van der Waals surface area contributed by atoms with Crippen molar-refractivity contribution in [3.8, 4) is 17.1 Å². The molecule has 1 aromatic carbocycles. The molecule has 0 unspecified atom stereocenters. The minimum absolute atomic E-state index is 0.000845. The summed E-state index contributed by atoms with van der Waals surface area (Å²) in [5.74, 6) is 1.76. The van der Waals surface area contributed by atoms with Gasteiger partial charge in [-0.2, -0.15) is 0 Å². The van der Waals surface area contributed by atoms with E-state index in [2.05, 4.69) is 42.0 Å². The van der Waals surface area contributed by atoms with Crippen molar-refractivity contribution in [1.82, 2.24) is 19.7 Å². The van der Waals surface area contributed by atoms with Gasteiger partial charge >= 0.3 is 0 Å². The monoisotopic (exact) mass is 493 g/mol. The number of anilines is 1. The van der Waals surface area contributed by atoms with Crippen LogP contribution in [0.4, 0.5) is 5.69 Å². The Morgan fingerprint density at radius 3 is 2.63 bits per heavy atom. The van der Waals surface area contributed by atoms with Crippen molar-refractivity contribution >= 4 is 28.9 Å². The number of nitrogens with zero attached hydrogens (tertiary/aromatic N) is 5. The van der Waals surface area contributed by atoms with Crippen LogP contribution in [0.15, 0.2) is 54.0 Å². The Labute approximate surface area is 210 Å². The summed E-state index contributed by atoms with van der Waals surface area (Å²) in [6.45, 7) is 9.84. The standard InChI is InChI=1S/C26H31N5O3S/c1-6-34-20-7-8-22-21(15-20)18(2)16-26(3,4)31(22)23(32)17-35-25-29-28-24(30(25)13-14-33-5)19-9-11-27-12-10-19/h7-12,15-16H,6,13-14,17H2,1-5H3. The number of amides is 1. The largest absolute Gasteiger partial charge is 0.494 e. The molecule has 35 heavy (non-hydrogen) atoms. The fourth-order valence-corrected chi connectivity index (χ4v) is 5.22. The lowest BCUT2D eigenvalue weighted by atomic mass is 9.88. The summed E-state index contributed by atoms with van der Waals surface area (Å²) >= 11 is 1.38. The molecule has 0 radical (unpaired) electrons. The first-order valence-corrected chi connectivity index (χ1v) is 12.6. The lowest BCUT2D eigenvalue weighted by Gasteiger charge is -2.41. The minimum Gasteiger partial charge on any atom is -0.494 e. The Morgan fingerprint density at radius 1 is 1.14 bits per heavy atom. The van der Waals surface area contributed by atoms with Gasteiger partial charge in [0.1, 0.15) is 5.75 Å². The van der Waals surface area contributed by atoms with Gasteiger partial charge in [-0.15, -0.1) is 10.2 Å². The van der Waals surface area contributed by atoms with Gasteiger partial charge in [-0.25, -0.2) is 0 Å². The number of hydrogen-bond donors (Lipinski definition) is 0. The van der Waals surface area contributed by atoms with Crippen LogP contribution in [-0.2, 0) is 16.1 Å². The first kappa shape index (κ1) is 24.9. The second kappa shape index (κ2) is 10.6. The van der Waals surface area contributed by atoms with Crippen LogP contribution in [0.2, 0.25) is 0 Å². The SMILES string of the molecule is CCOc1ccc2c(c1)C(C)=CC(C)(C)N2C(=O)CSc1nnc(-c2ccncc2)n1CCOC. The van der Waals surface area contributed by atoms with Crippen molar-refractivity contribution in [3.05, 3.63) is 54.4 Å². The molecule has 4 rings (SSSR count). The Hall–Kier alpha value is -3.17. The van der Waals surface area contributed by atoms with Crippen LogP contribution < -0.4 is 9.64 Å². The van der Waals surface area contributed by atoms with Gasteiger partial charge in [-0.3, -0.25) is 14.3 Å². The van der Waals surface area contributed by atoms with Gasteiger partial charge in [-0.05, 0) is 63.6 Å². The Bertz CT molecular complexity index is 1220. The molecular formula is C26H31N5O3S. The van der Waals surface area contributed by atoms with Crippen LogP contribution in [0.1, 0.15) is 33.3 Å². The maximum absolute atomic E-state index is 13.6. The quantitative estimate of drug-likeness (QED) is 0.399. The number of carbonyl (C=O) groups is 1. The van der Waals surface area contributed by atoms with Crippen molar-refractivity contribution < 1.29 is 14.3 Å². The van der Waals surface area contributed by atoms with E-state index in [4.69, 9.17) is 9.47 Å². The smallest absolute Gasteiger partial charge is 0.238 e. The fraction of sp³-hybridized carbons (Fsp3) is 0.385. The number of carbonyl (C=O) groups excluding carboxylic acids is 1. The van der Waals surface area contributed by atoms with E-state index in [9.17, 15) is 4.79 Å². The fourth-order valence-electron chi connectivity index (χ4n) is 4.41. The molecule has 1 aliphatic heterocycles. The Balaban J connectivity index is 1.59. The second-order valence-corrected chi connectivity index (χ2v) is 9.74. The molecule has 1 amide bonds. The van der Waals surface area contributed by atoms with Gasteiger partial charge < -0.3 is 14.4 Å². The summed E-state index contributed by atoms with van der Waals surface area (Å²) in [6.07, 6.45) is 5.59. The molecule has 2 aromatic heterocycles. The molecule has 0 fully saturated rings. The molecule has 184 valence electrons. The highest BCUT2D eigenvalue weighted by Gasteiger charge is 2.36. The summed E-state index contributed by atoms with van der Waals surface area (Å²) in [5.41, 5.74) is 3.48. The zero-order valence-electron chi connectivity index (χ0n) is 20.8. The summed E-state index contributed by atoms with van der Waals surface area (Å²) < 4.78 is 13.0. The van der Waals surface area contributed by atoms with E-state index in [0.717, 1.165) is 34.0 Å². The van der Waals surface area contributed by atoms with E-state index < -0.39 is 5.54 Å². The average Bonchev–Trinajstić information content (AvgIpc) is 3.24. The number of hydrogen-bond acceptors (Lipinski definition) is 7. The highest BCUT2D eigenvalue weighted by atomic mass is 32.2. The number of methoxy groups -OCH3 is 1. The number of benzene rings is 1. The third-order valence-electron chi connectivity index (χ3n) is 5.84. The molecule has 1 aliphatic rings. The van der Waals surface area contributed by atoms with Gasteiger partial charge in [0.05, 0.1) is 36.7 Å². The molecule has 0 N–H and O–H groups in total. The average molecular weight is 494 g/mol. The molecule has 0 bridgehead atoms. The zero-order valence-corrected chi connectivity index (χ0v) is 21.6. The Kier molecular flexibility index (Phi) is 7.57. The summed E-state index contributed by atoms with van der Waals surface area (Å²) in [7, 11) is 1.66. The van der Waals surface area contributed by atoms with E-state index in [0.29, 0.717) is 24.9 Å². The molecule has 3 aromatic rings. The van der Waals surface area contributed by atoms with Gasteiger partial charge in [0, 0.05) is 30.6 Å². The highest BCUT2D eigenvalue weighted by molar-refractivity contribution is 7.99. The summed E-state index contributed by atoms with van der Waals surface area (Å²) in [4.78, 5) is 19.6. The first-order chi connectivity index (χ1) is 16.9. The number of fused-ring (bicyclic) bond motifs is 1. The third kappa shape index (κ3) is 5.26. The molecule has 0 atom stereocenters. The topological polar surface area (TPSA) is 82.4 Å². The van der Waals surface area contributed by atoms with Crippen molar-refractivity contribution in [1.29, 1.82) is 0 Å². The minimum atomic E-state index is -0.465. The van der Waals surface area contributed by atoms with Crippen LogP contribution in [-0.4, -0.2) is 57.3 Å². The van der Waals surface area contributed by atoms with Crippen molar-refractivity contribution in [3.63, 3.8) is 0 Å². The maximum Gasteiger partial charge on any atom is 0.238 e. The predicted octanol–water partition coefficient (Wildman–Crippen LogP) is 4.71. The lowest BCUT2D eigenvalue weighted by Crippen LogP contribution is -2.49. The molecule has 3 heterocycles. The van der Waals surface area contributed by atoms with Gasteiger partial charge in [-0.1, -0.05) is 17.8 Å². The number of aromatic nitrogens is 4. The van der Waals surface area contributed by atoms with Crippen molar-refractivity contribution in [2.24, 2.45) is 0 Å². The van der Waals surface area contributed by atoms with Crippen LogP contribution in [0, 0.1) is 0 Å². The van der Waals surface area contributed by atoms with E-state index in [1.807, 2.05) is 46.7 Å². The van der Waals surface area contributed by atoms with Crippen LogP contribution in [0.3, 0.4) is 0 Å². The molecular weight excluding hydrogens is 462 g/mol. The van der Waals surface area contributed by atoms with Crippen LogP contribution >= 0.6 is 11.8 Å². The van der Waals surface area contributed by atoms with Gasteiger partial charge in [0.2, 0.25) is 5.91 Å². The number of allylic oxidation sites excluding steroid dienone is 1. The van der Waals surface area contributed by atoms with Crippen LogP contribution in [0.5, 0.6) is 5.75 Å². The molecule has 0 aliphatic carbocycles. The molecule has 0 saturated heterocycles. The zero-order chi connectivity index (χ0) is 25.0. The molecule has 8 nitrogen and oxygen atoms in total. The van der Waals surface area contributed by atoms with E-state index in [1.165, 1.54) is 11.8 Å². The predicted molar refractivity (Wildman–Crippen MR) is 139 cm³/mol. The summed E-state index contributed by atoms with van der Waals surface area (Å²) in [5, 5.41) is 9.46. The number of ether oxygens (including phenoxy) is 2. The van der Waals surface area contributed by atoms with Crippen molar-refractivity contribution in [2.75, 3.05) is 31.0 Å². The third-order valence-corrected chi connectivity index (χ3v) is 6.79. The number of thioether (sulfide) groups is 1. The molecule has 9 heteroatoms. The van der Waals surface area contributed by atoms with Gasteiger partial charge in [0.25, 0.3) is 0 Å². The van der Waals surface area contributed by atoms with Crippen LogP contribution in [0.25, 0.3) is 17.0 Å². The maximum atomic E-state index is 13.6.